The Kier molecular flexibility index (Phi) is 29.8. The fraction of sp³-hybridized carbons (Fsp3) is 0.391. The van der Waals surface area contributed by atoms with Gasteiger partial charge in [0.2, 0.25) is 0 Å². The molecule has 90 heavy (non-hydrogen) atoms. The van der Waals surface area contributed by atoms with Gasteiger partial charge in [-0.25, -0.2) is 0 Å². The summed E-state index contributed by atoms with van der Waals surface area (Å²) in [6.45, 7) is 51.3. The van der Waals surface area contributed by atoms with Gasteiger partial charge in [0.15, 0.2) is 0 Å². The van der Waals surface area contributed by atoms with E-state index in [1.54, 1.807) is 0 Å². The number of nitrogens with zero attached hydrogens (tertiary/aromatic N) is 12. The fourth-order valence-corrected chi connectivity index (χ4v) is 12.1. The van der Waals surface area contributed by atoms with E-state index in [1.165, 1.54) is 68.2 Å². The first kappa shape index (κ1) is 75.2. The molecule has 0 bridgehead atoms. The predicted molar refractivity (Wildman–Crippen MR) is 402 cm³/mol. The summed E-state index contributed by atoms with van der Waals surface area (Å²) in [6.07, 6.45) is 0. The van der Waals surface area contributed by atoms with Gasteiger partial charge in [0.1, 0.15) is 0 Å². The average molecular weight is 1890 g/mol. The van der Waals surface area contributed by atoms with Crippen molar-refractivity contribution in [3.63, 3.8) is 0 Å². The summed E-state index contributed by atoms with van der Waals surface area (Å²) in [4.78, 5) is 28.6. The molecule has 0 N–H and O–H groups in total. The number of fused-ring (bicyclic) bond motifs is 6. The summed E-state index contributed by atoms with van der Waals surface area (Å²) in [5.74, 6) is 0. The minimum absolute atomic E-state index is 0.0731. The second-order valence-electron chi connectivity index (χ2n) is 24.9. The summed E-state index contributed by atoms with van der Waals surface area (Å²) < 4.78 is 0. The first-order valence-corrected chi connectivity index (χ1v) is 51.9. The number of rotatable bonds is 15. The third-order valence-corrected chi connectivity index (χ3v) is 16.3. The van der Waals surface area contributed by atoms with E-state index in [0.29, 0.717) is 84.1 Å². The van der Waals surface area contributed by atoms with E-state index in [2.05, 4.69) is 429 Å². The van der Waals surface area contributed by atoms with Crippen molar-refractivity contribution in [1.29, 1.82) is 0 Å². The second kappa shape index (κ2) is 35.7. The fourth-order valence-electron chi connectivity index (χ4n) is 12.1. The van der Waals surface area contributed by atoms with Crippen LogP contribution in [0.5, 0.6) is 0 Å². The van der Waals surface area contributed by atoms with E-state index in [-0.39, 0.29) is 5.54 Å². The first-order chi connectivity index (χ1) is 43.1. The Morgan fingerprint density at radius 1 is 0.300 bits per heavy atom. The normalized spacial score (nSPS) is 15.6. The monoisotopic (exact) mass is 1880 g/mol. The average Bonchev–Trinajstić information content (AvgIpc) is 1.67. The second-order valence-corrected chi connectivity index (χ2v) is 46.4. The Hall–Kier alpha value is -2.21. The molecule has 21 heteroatoms. The van der Waals surface area contributed by atoms with Crippen molar-refractivity contribution in [2.45, 2.75) is 152 Å². The van der Waals surface area contributed by atoms with Crippen LogP contribution in [0.25, 0.3) is 0 Å². The van der Waals surface area contributed by atoms with Crippen molar-refractivity contribution in [1.82, 2.24) is 0 Å². The van der Waals surface area contributed by atoms with Crippen LogP contribution in [0.15, 0.2) is 146 Å². The summed E-state index contributed by atoms with van der Waals surface area (Å²) >= 11 is 20.4. The van der Waals surface area contributed by atoms with E-state index >= 15 is 0 Å². The molecule has 1 unspecified atom stereocenters. The summed E-state index contributed by atoms with van der Waals surface area (Å²) in [6, 6.07) is 55.2. The standard InChI is InChI=1S/C24H32N4.C23H30N4.C22H28N4.6BrH.3Pd/c1-18(2)26-16-25(20-11-7-8-12-21(20)26)15-24(5,6)28-17-27(19(3)4)22-13-9-10-14-23(22)28;1-17(2)25-15-24(20-10-6-7-11-21(20)25)14-19(5)27-16-26(18(3)4)22-12-8-9-13-23(22)27;1-17(2)25-15-23(19-9-5-7-11-21(19)25)13-14-24-16-26(18(3)4)22-12-8-6-10-20(22)24;;;;;;;;;/h7-14,16-19H,15H2,1-6H3;6-13,15-19H,14H2,1-5H3;5-12,15-18H,13-14H2,1-4H3;6*1H;;;/q3*-2;;;;;;;3*+2/p-6. The van der Waals surface area contributed by atoms with Crippen LogP contribution in [0, 0.1) is 40.0 Å². The molecular formula is C69H90Br6N12Pd3-6. The third kappa shape index (κ3) is 18.3. The number of hydrogen-bond donors (Lipinski definition) is 0. The molecule has 6 aliphatic heterocycles. The zero-order chi connectivity index (χ0) is 65.6. The van der Waals surface area contributed by atoms with Crippen LogP contribution in [0.3, 0.4) is 0 Å². The van der Waals surface area contributed by atoms with Crippen LogP contribution >= 0.6 is 80.6 Å². The molecule has 0 aromatic heterocycles. The number of hydrogen-bond acceptors (Lipinski definition) is 12. The molecule has 0 spiro atoms. The van der Waals surface area contributed by atoms with Gasteiger partial charge in [0.05, 0.1) is 0 Å². The molecule has 12 rings (SSSR count). The molecule has 6 aromatic carbocycles. The van der Waals surface area contributed by atoms with Gasteiger partial charge in [-0.15, -0.1) is 0 Å². The quantitative estimate of drug-likeness (QED) is 0.0726. The molecule has 0 aliphatic carbocycles. The molecular weight excluding hydrogens is 1800 g/mol. The Bertz CT molecular complexity index is 3090. The van der Waals surface area contributed by atoms with Crippen LogP contribution in [-0.4, -0.2) is 74.0 Å². The van der Waals surface area contributed by atoms with Crippen LogP contribution in [0.2, 0.25) is 0 Å². The van der Waals surface area contributed by atoms with Crippen molar-refractivity contribution in [2.75, 3.05) is 85.0 Å². The molecule has 504 valence electrons. The minimum atomic E-state index is -0.0731. The van der Waals surface area contributed by atoms with Gasteiger partial charge in [0.25, 0.3) is 0 Å². The summed E-state index contributed by atoms with van der Waals surface area (Å²) in [7, 11) is 0. The van der Waals surface area contributed by atoms with E-state index in [4.69, 9.17) is 0 Å². The van der Waals surface area contributed by atoms with Gasteiger partial charge in [-0.3, -0.25) is 0 Å². The van der Waals surface area contributed by atoms with Crippen molar-refractivity contribution in [2.24, 2.45) is 0 Å². The van der Waals surface area contributed by atoms with Crippen LogP contribution < -0.4 is 58.8 Å². The van der Waals surface area contributed by atoms with E-state index in [9.17, 15) is 0 Å². The van der Waals surface area contributed by atoms with Crippen LogP contribution in [0.1, 0.15) is 104 Å². The zero-order valence-electron chi connectivity index (χ0n) is 54.3. The summed E-state index contributed by atoms with van der Waals surface area (Å²) in [5, 5.41) is 0. The third-order valence-electron chi connectivity index (χ3n) is 16.3. The molecule has 0 amide bonds. The SMILES string of the molecule is CC(C)N1[CH-]N(CC(C)(C)N2[CH-]N(C(C)C)c3ccccc32)c2ccccc21.CC(C)N1[CH-]N(CC(C)N2[CH-]N(C(C)C)c3ccccc32)c2ccccc21.CC(C)N1[CH-]N(CCN2[CH-]N(C(C)C)c3ccccc32)c2ccccc21.[Br][Pd][Br].[Br][Pd][Br].[Br][Pd][Br]. The van der Waals surface area contributed by atoms with Gasteiger partial charge in [0, 0.05) is 106 Å². The molecule has 0 saturated heterocycles. The number of para-hydroxylation sites is 12. The van der Waals surface area contributed by atoms with Crippen molar-refractivity contribution >= 4 is 149 Å². The molecule has 6 aliphatic rings. The maximum atomic E-state index is 3.11. The van der Waals surface area contributed by atoms with Gasteiger partial charge in [-0.05, 0) is 213 Å². The number of anilines is 12. The molecule has 6 aromatic rings. The van der Waals surface area contributed by atoms with Crippen molar-refractivity contribution in [3.05, 3.63) is 186 Å². The molecule has 0 saturated carbocycles. The van der Waals surface area contributed by atoms with Crippen LogP contribution in [-0.2, 0) is 41.8 Å². The Morgan fingerprint density at radius 2 is 0.522 bits per heavy atom. The first-order valence-electron chi connectivity index (χ1n) is 30.5. The van der Waals surface area contributed by atoms with E-state index in [0.717, 1.165) is 26.2 Å². The van der Waals surface area contributed by atoms with Crippen molar-refractivity contribution < 1.29 is 41.8 Å². The number of halogens is 6. The van der Waals surface area contributed by atoms with Gasteiger partial charge >= 0.3 is 122 Å². The molecule has 12 nitrogen and oxygen atoms in total. The molecule has 6 heterocycles. The molecule has 0 fully saturated rings. The topological polar surface area (TPSA) is 38.9 Å². The maximum absolute atomic E-state index is 3.11. The Morgan fingerprint density at radius 3 is 0.856 bits per heavy atom. The zero-order valence-corrected chi connectivity index (χ0v) is 68.5. The van der Waals surface area contributed by atoms with Crippen LogP contribution in [0.4, 0.5) is 68.2 Å². The Balaban J connectivity index is 0.000000180. The van der Waals surface area contributed by atoms with E-state index in [1.807, 2.05) is 0 Å². The molecule has 0 radical (unpaired) electrons. The van der Waals surface area contributed by atoms with Gasteiger partial charge in [-0.1, -0.05) is 72.8 Å². The predicted octanol–water partition coefficient (Wildman–Crippen LogP) is 20.3. The summed E-state index contributed by atoms with van der Waals surface area (Å²) in [5.41, 5.74) is 15.5. The molecule has 1 atom stereocenters. The Labute approximate surface area is 606 Å². The van der Waals surface area contributed by atoms with Gasteiger partial charge in [-0.2, -0.15) is 40.0 Å². The number of benzene rings is 6. The van der Waals surface area contributed by atoms with Gasteiger partial charge < -0.3 is 58.8 Å². The van der Waals surface area contributed by atoms with Crippen molar-refractivity contribution in [3.8, 4) is 0 Å². The van der Waals surface area contributed by atoms with E-state index < -0.39 is 0 Å².